The fourth-order valence-electron chi connectivity index (χ4n) is 1.95. The van der Waals surface area contributed by atoms with Crippen molar-refractivity contribution in [3.05, 3.63) is 41.8 Å². The molecular formula is C17H22N4O3S. The van der Waals surface area contributed by atoms with E-state index in [4.69, 9.17) is 4.42 Å². The van der Waals surface area contributed by atoms with Gasteiger partial charge in [-0.15, -0.1) is 10.2 Å². The van der Waals surface area contributed by atoms with Gasteiger partial charge in [0.2, 0.25) is 11.8 Å². The number of nitrogens with one attached hydrogen (secondary N) is 2. The second-order valence-corrected chi connectivity index (χ2v) is 6.83. The van der Waals surface area contributed by atoms with Gasteiger partial charge in [0.1, 0.15) is 0 Å². The predicted molar refractivity (Wildman–Crippen MR) is 95.3 cm³/mol. The Morgan fingerprint density at radius 3 is 2.68 bits per heavy atom. The minimum Gasteiger partial charge on any atom is -0.416 e. The first-order chi connectivity index (χ1) is 12.0. The number of hydrogen-bond donors (Lipinski definition) is 2. The number of nitrogens with zero attached hydrogens (tertiary/aromatic N) is 2. The molecule has 25 heavy (non-hydrogen) atoms. The average Bonchev–Trinajstić information content (AvgIpc) is 3.01. The van der Waals surface area contributed by atoms with Gasteiger partial charge in [0.15, 0.2) is 0 Å². The first-order valence-electron chi connectivity index (χ1n) is 8.09. The van der Waals surface area contributed by atoms with Crippen molar-refractivity contribution in [2.24, 2.45) is 5.92 Å². The summed E-state index contributed by atoms with van der Waals surface area (Å²) < 4.78 is 5.49. The minimum absolute atomic E-state index is 0.0323. The van der Waals surface area contributed by atoms with Crippen LogP contribution in [-0.4, -0.2) is 34.4 Å². The van der Waals surface area contributed by atoms with E-state index in [0.717, 1.165) is 23.7 Å². The Balaban J connectivity index is 1.70. The lowest BCUT2D eigenvalue weighted by Gasteiger charge is -2.07. The molecular weight excluding hydrogens is 340 g/mol. The van der Waals surface area contributed by atoms with Crippen LogP contribution in [0.1, 0.15) is 31.7 Å². The zero-order valence-corrected chi connectivity index (χ0v) is 15.1. The van der Waals surface area contributed by atoms with Crippen LogP contribution in [0, 0.1) is 5.92 Å². The number of thioether (sulfide) groups is 1. The van der Waals surface area contributed by atoms with Crippen LogP contribution in [0.25, 0.3) is 0 Å². The lowest BCUT2D eigenvalue weighted by molar-refractivity contribution is -0.117. The molecule has 3 amide bonds. The van der Waals surface area contributed by atoms with Crippen LogP contribution < -0.4 is 10.6 Å². The van der Waals surface area contributed by atoms with Crippen molar-refractivity contribution in [3.8, 4) is 0 Å². The van der Waals surface area contributed by atoms with Crippen molar-refractivity contribution in [3.63, 3.8) is 0 Å². The number of carbonyl (C=O) groups excluding carboxylic acids is 2. The Hall–Kier alpha value is -2.35. The van der Waals surface area contributed by atoms with Crippen molar-refractivity contribution in [1.29, 1.82) is 0 Å². The van der Waals surface area contributed by atoms with E-state index in [2.05, 4.69) is 34.7 Å². The SMILES string of the molecule is CC(C)CCNC(=O)NC(=O)CSc1nnc(Cc2ccccc2)o1. The fourth-order valence-corrected chi connectivity index (χ4v) is 2.53. The van der Waals surface area contributed by atoms with E-state index in [1.807, 2.05) is 30.3 Å². The summed E-state index contributed by atoms with van der Waals surface area (Å²) in [6, 6.07) is 9.29. The number of amides is 3. The van der Waals surface area contributed by atoms with Crippen LogP contribution in [0.2, 0.25) is 0 Å². The van der Waals surface area contributed by atoms with Gasteiger partial charge >= 0.3 is 6.03 Å². The summed E-state index contributed by atoms with van der Waals surface area (Å²) in [5.74, 6) is 0.606. The normalized spacial score (nSPS) is 10.7. The Bertz CT molecular complexity index is 688. The first kappa shape index (κ1) is 19.0. The molecule has 1 aromatic carbocycles. The lowest BCUT2D eigenvalue weighted by atomic mass is 10.1. The van der Waals surface area contributed by atoms with Gasteiger partial charge in [0.25, 0.3) is 5.22 Å². The fraction of sp³-hybridized carbons (Fsp3) is 0.412. The van der Waals surface area contributed by atoms with Crippen molar-refractivity contribution < 1.29 is 14.0 Å². The predicted octanol–water partition coefficient (Wildman–Crippen LogP) is 2.62. The number of imide groups is 1. The van der Waals surface area contributed by atoms with Crippen molar-refractivity contribution in [2.45, 2.75) is 31.9 Å². The molecule has 2 rings (SSSR count). The molecule has 0 bridgehead atoms. The van der Waals surface area contributed by atoms with Crippen molar-refractivity contribution >= 4 is 23.7 Å². The van der Waals surface area contributed by atoms with Crippen molar-refractivity contribution in [2.75, 3.05) is 12.3 Å². The maximum absolute atomic E-state index is 11.7. The van der Waals surface area contributed by atoms with Crippen LogP contribution >= 0.6 is 11.8 Å². The third-order valence-corrected chi connectivity index (χ3v) is 4.05. The van der Waals surface area contributed by atoms with Gasteiger partial charge in [0.05, 0.1) is 12.2 Å². The molecule has 134 valence electrons. The average molecular weight is 362 g/mol. The van der Waals surface area contributed by atoms with Gasteiger partial charge in [-0.05, 0) is 17.9 Å². The molecule has 1 aromatic heterocycles. The van der Waals surface area contributed by atoms with Crippen LogP contribution in [0.5, 0.6) is 0 Å². The van der Waals surface area contributed by atoms with Crippen LogP contribution in [0.3, 0.4) is 0 Å². The molecule has 0 aliphatic rings. The summed E-state index contributed by atoms with van der Waals surface area (Å²) in [7, 11) is 0. The van der Waals surface area contributed by atoms with E-state index in [0.29, 0.717) is 30.0 Å². The number of carbonyl (C=O) groups is 2. The largest absolute Gasteiger partial charge is 0.416 e. The van der Waals surface area contributed by atoms with Crippen LogP contribution in [0.4, 0.5) is 4.79 Å². The third-order valence-electron chi connectivity index (χ3n) is 3.23. The smallest absolute Gasteiger partial charge is 0.321 e. The minimum atomic E-state index is -0.485. The zero-order chi connectivity index (χ0) is 18.1. The maximum atomic E-state index is 11.7. The Labute approximate surface area is 151 Å². The quantitative estimate of drug-likeness (QED) is 0.701. The number of benzene rings is 1. The molecule has 0 unspecified atom stereocenters. The van der Waals surface area contributed by atoms with E-state index >= 15 is 0 Å². The summed E-state index contributed by atoms with van der Waals surface area (Å²) in [6.07, 6.45) is 1.40. The molecule has 0 spiro atoms. The Morgan fingerprint density at radius 1 is 1.20 bits per heavy atom. The van der Waals surface area contributed by atoms with E-state index < -0.39 is 11.9 Å². The van der Waals surface area contributed by atoms with E-state index in [1.54, 1.807) is 0 Å². The summed E-state index contributed by atoms with van der Waals surface area (Å²) >= 11 is 1.10. The van der Waals surface area contributed by atoms with E-state index in [-0.39, 0.29) is 5.75 Å². The van der Waals surface area contributed by atoms with Gasteiger partial charge in [-0.25, -0.2) is 4.79 Å². The number of hydrogen-bond acceptors (Lipinski definition) is 6. The lowest BCUT2D eigenvalue weighted by Crippen LogP contribution is -2.40. The zero-order valence-electron chi connectivity index (χ0n) is 14.3. The van der Waals surface area contributed by atoms with Crippen LogP contribution in [-0.2, 0) is 11.2 Å². The molecule has 1 heterocycles. The van der Waals surface area contributed by atoms with Gasteiger partial charge in [-0.3, -0.25) is 10.1 Å². The van der Waals surface area contributed by atoms with Gasteiger partial charge in [-0.2, -0.15) is 0 Å². The highest BCUT2D eigenvalue weighted by atomic mass is 32.2. The maximum Gasteiger partial charge on any atom is 0.321 e. The Kier molecular flexibility index (Phi) is 7.46. The number of rotatable bonds is 8. The highest BCUT2D eigenvalue weighted by molar-refractivity contribution is 7.99. The Morgan fingerprint density at radius 2 is 1.96 bits per heavy atom. The molecule has 0 saturated heterocycles. The topological polar surface area (TPSA) is 97.1 Å². The summed E-state index contributed by atoms with van der Waals surface area (Å²) in [4.78, 5) is 23.3. The standard InChI is InChI=1S/C17H22N4O3S/c1-12(2)8-9-18-16(23)19-14(22)11-25-17-21-20-15(24-17)10-13-6-4-3-5-7-13/h3-7,12H,8-11H2,1-2H3,(H2,18,19,22,23). The second-order valence-electron chi connectivity index (χ2n) is 5.90. The van der Waals surface area contributed by atoms with Gasteiger partial charge in [-0.1, -0.05) is 55.9 Å². The molecule has 0 fully saturated rings. The summed E-state index contributed by atoms with van der Waals surface area (Å²) in [6.45, 7) is 4.67. The van der Waals surface area contributed by atoms with Crippen LogP contribution in [0.15, 0.2) is 40.0 Å². The molecule has 0 radical (unpaired) electrons. The number of urea groups is 1. The van der Waals surface area contributed by atoms with Gasteiger partial charge < -0.3 is 9.73 Å². The molecule has 2 aromatic rings. The van der Waals surface area contributed by atoms with E-state index in [9.17, 15) is 9.59 Å². The molecule has 2 N–H and O–H groups in total. The molecule has 8 heteroatoms. The highest BCUT2D eigenvalue weighted by Gasteiger charge is 2.12. The molecule has 0 aliphatic carbocycles. The molecule has 7 nitrogen and oxygen atoms in total. The molecule has 0 saturated carbocycles. The highest BCUT2D eigenvalue weighted by Crippen LogP contribution is 2.17. The molecule has 0 atom stereocenters. The van der Waals surface area contributed by atoms with E-state index in [1.165, 1.54) is 0 Å². The summed E-state index contributed by atoms with van der Waals surface area (Å²) in [5, 5.41) is 13.1. The monoisotopic (exact) mass is 362 g/mol. The first-order valence-corrected chi connectivity index (χ1v) is 9.08. The third kappa shape index (κ3) is 7.38. The number of aromatic nitrogens is 2. The molecule has 0 aliphatic heterocycles. The van der Waals surface area contributed by atoms with Crippen molar-refractivity contribution in [1.82, 2.24) is 20.8 Å². The van der Waals surface area contributed by atoms with Gasteiger partial charge in [0, 0.05) is 6.54 Å². The summed E-state index contributed by atoms with van der Waals surface area (Å²) in [5.41, 5.74) is 1.07. The second kappa shape index (κ2) is 9.83.